The van der Waals surface area contributed by atoms with Crippen molar-refractivity contribution < 1.29 is 18.0 Å². The second-order valence-corrected chi connectivity index (χ2v) is 7.09. The molecule has 0 radical (unpaired) electrons. The van der Waals surface area contributed by atoms with Gasteiger partial charge in [0.15, 0.2) is 5.69 Å². The largest absolute Gasteiger partial charge is 0.418 e. The second-order valence-electron chi connectivity index (χ2n) is 7.09. The minimum absolute atomic E-state index is 0.00697. The van der Waals surface area contributed by atoms with Gasteiger partial charge in [-0.1, -0.05) is 41.6 Å². The summed E-state index contributed by atoms with van der Waals surface area (Å²) in [6, 6.07) is 13.0. The van der Waals surface area contributed by atoms with E-state index in [-0.39, 0.29) is 23.3 Å². The molecule has 0 bridgehead atoms. The molecule has 5 nitrogen and oxygen atoms in total. The summed E-state index contributed by atoms with van der Waals surface area (Å²) in [5.74, 6) is -0.373. The van der Waals surface area contributed by atoms with E-state index in [4.69, 9.17) is 0 Å². The van der Waals surface area contributed by atoms with Gasteiger partial charge in [-0.05, 0) is 42.5 Å². The lowest BCUT2D eigenvalue weighted by Crippen LogP contribution is -2.33. The number of alkyl halides is 3. The number of carbonyl (C=O) groups is 1. The van der Waals surface area contributed by atoms with Crippen LogP contribution >= 0.6 is 0 Å². The van der Waals surface area contributed by atoms with Crippen LogP contribution in [0.25, 0.3) is 5.69 Å². The number of hydrogen-bond acceptors (Lipinski definition) is 3. The van der Waals surface area contributed by atoms with Crippen molar-refractivity contribution in [2.24, 2.45) is 0 Å². The summed E-state index contributed by atoms with van der Waals surface area (Å²) in [5.41, 5.74) is 1.32. The van der Waals surface area contributed by atoms with Gasteiger partial charge >= 0.3 is 6.18 Å². The van der Waals surface area contributed by atoms with E-state index in [9.17, 15) is 18.0 Å². The third-order valence-electron chi connectivity index (χ3n) is 5.29. The fraction of sp³-hybridized carbons (Fsp3) is 0.286. The Morgan fingerprint density at radius 1 is 1.14 bits per heavy atom. The van der Waals surface area contributed by atoms with Crippen LogP contribution in [0.15, 0.2) is 54.7 Å². The third kappa shape index (κ3) is 3.62. The number of benzene rings is 2. The molecule has 29 heavy (non-hydrogen) atoms. The summed E-state index contributed by atoms with van der Waals surface area (Å²) in [6.45, 7) is 0. The van der Waals surface area contributed by atoms with Gasteiger partial charge in [0.25, 0.3) is 5.91 Å². The standard InChI is InChI=1S/C21H19F3N4O/c1-27(18-12-6-8-14-7-2-3-9-15(14)18)20(29)17-13-28(26-25-17)19-11-5-4-10-16(19)21(22,23)24/h2-5,7,9-11,13,18H,6,8,12H2,1H3/t18-/m0/s1. The van der Waals surface area contributed by atoms with Crippen LogP contribution in [0.2, 0.25) is 0 Å². The lowest BCUT2D eigenvalue weighted by molar-refractivity contribution is -0.137. The molecule has 0 spiro atoms. The quantitative estimate of drug-likeness (QED) is 0.653. The molecule has 0 N–H and O–H groups in total. The molecule has 3 aromatic rings. The van der Waals surface area contributed by atoms with Crippen molar-refractivity contribution in [2.45, 2.75) is 31.5 Å². The normalized spacial score (nSPS) is 16.3. The molecule has 150 valence electrons. The van der Waals surface area contributed by atoms with Crippen LogP contribution < -0.4 is 0 Å². The Balaban J connectivity index is 1.62. The summed E-state index contributed by atoms with van der Waals surface area (Å²) in [6.07, 6.45) is -0.526. The Morgan fingerprint density at radius 3 is 2.66 bits per heavy atom. The fourth-order valence-corrected chi connectivity index (χ4v) is 3.85. The minimum atomic E-state index is -4.53. The number of carbonyl (C=O) groups excluding carboxylic acids is 1. The molecule has 1 amide bonds. The van der Waals surface area contributed by atoms with Crippen molar-refractivity contribution in [1.29, 1.82) is 0 Å². The second kappa shape index (κ2) is 7.35. The predicted octanol–water partition coefficient (Wildman–Crippen LogP) is 4.44. The summed E-state index contributed by atoms with van der Waals surface area (Å²) < 4.78 is 40.8. The molecule has 4 rings (SSSR count). The van der Waals surface area contributed by atoms with Gasteiger partial charge in [-0.25, -0.2) is 4.68 Å². The molecule has 0 aliphatic heterocycles. The van der Waals surface area contributed by atoms with Gasteiger partial charge in [0.05, 0.1) is 23.5 Å². The van der Waals surface area contributed by atoms with E-state index in [1.807, 2.05) is 18.2 Å². The maximum Gasteiger partial charge on any atom is 0.418 e. The molecule has 1 aromatic heterocycles. The van der Waals surface area contributed by atoms with Crippen molar-refractivity contribution in [3.63, 3.8) is 0 Å². The van der Waals surface area contributed by atoms with Crippen molar-refractivity contribution in [2.75, 3.05) is 7.05 Å². The zero-order chi connectivity index (χ0) is 20.6. The van der Waals surface area contributed by atoms with E-state index >= 15 is 0 Å². The van der Waals surface area contributed by atoms with Crippen LogP contribution in [-0.4, -0.2) is 32.8 Å². The first kappa shape index (κ1) is 19.2. The third-order valence-corrected chi connectivity index (χ3v) is 5.29. The summed E-state index contributed by atoms with van der Waals surface area (Å²) in [5, 5.41) is 7.61. The fourth-order valence-electron chi connectivity index (χ4n) is 3.85. The van der Waals surface area contributed by atoms with Crippen LogP contribution in [-0.2, 0) is 12.6 Å². The number of rotatable bonds is 3. The Kier molecular flexibility index (Phi) is 4.86. The van der Waals surface area contributed by atoms with Crippen LogP contribution in [0.5, 0.6) is 0 Å². The first-order chi connectivity index (χ1) is 13.9. The van der Waals surface area contributed by atoms with Gasteiger partial charge in [-0.15, -0.1) is 5.10 Å². The summed E-state index contributed by atoms with van der Waals surface area (Å²) in [7, 11) is 1.69. The zero-order valence-electron chi connectivity index (χ0n) is 15.7. The molecule has 0 saturated carbocycles. The molecule has 1 atom stereocenters. The number of amides is 1. The molecule has 1 aliphatic carbocycles. The average Bonchev–Trinajstić information content (AvgIpc) is 3.22. The van der Waals surface area contributed by atoms with E-state index in [1.165, 1.54) is 30.0 Å². The molecule has 0 unspecified atom stereocenters. The van der Waals surface area contributed by atoms with Crippen molar-refractivity contribution >= 4 is 5.91 Å². The lowest BCUT2D eigenvalue weighted by atomic mass is 9.87. The number of nitrogens with zero attached hydrogens (tertiary/aromatic N) is 4. The van der Waals surface area contributed by atoms with E-state index in [2.05, 4.69) is 16.4 Å². The number of halogens is 3. The van der Waals surface area contributed by atoms with Gasteiger partial charge in [0.2, 0.25) is 0 Å². The molecular weight excluding hydrogens is 381 g/mol. The van der Waals surface area contributed by atoms with Crippen molar-refractivity contribution in [3.8, 4) is 5.69 Å². The Hall–Kier alpha value is -3.16. The molecule has 0 fully saturated rings. The monoisotopic (exact) mass is 400 g/mol. The SMILES string of the molecule is CN(C(=O)c1cn(-c2ccccc2C(F)(F)F)nn1)[C@H]1CCCc2ccccc21. The highest BCUT2D eigenvalue weighted by Crippen LogP contribution is 2.35. The van der Waals surface area contributed by atoms with Crippen molar-refractivity contribution in [3.05, 3.63) is 77.1 Å². The highest BCUT2D eigenvalue weighted by Gasteiger charge is 2.34. The number of aromatic nitrogens is 3. The van der Waals surface area contributed by atoms with Gasteiger partial charge < -0.3 is 4.90 Å². The average molecular weight is 400 g/mol. The van der Waals surface area contributed by atoms with E-state index in [0.717, 1.165) is 35.6 Å². The van der Waals surface area contributed by atoms with Gasteiger partial charge in [-0.2, -0.15) is 13.2 Å². The van der Waals surface area contributed by atoms with Gasteiger partial charge in [0, 0.05) is 7.05 Å². The van der Waals surface area contributed by atoms with E-state index < -0.39 is 11.7 Å². The van der Waals surface area contributed by atoms with Crippen LogP contribution in [0, 0.1) is 0 Å². The molecule has 1 aliphatic rings. The number of aryl methyl sites for hydroxylation is 1. The Labute approximate surface area is 165 Å². The number of fused-ring (bicyclic) bond motifs is 1. The summed E-state index contributed by atoms with van der Waals surface area (Å²) in [4.78, 5) is 14.6. The maximum atomic E-state index is 13.3. The predicted molar refractivity (Wildman–Crippen MR) is 101 cm³/mol. The van der Waals surface area contributed by atoms with E-state index in [0.29, 0.717) is 0 Å². The molecule has 2 aromatic carbocycles. The number of para-hydroxylation sites is 1. The van der Waals surface area contributed by atoms with Crippen molar-refractivity contribution in [1.82, 2.24) is 19.9 Å². The smallest absolute Gasteiger partial charge is 0.333 e. The van der Waals surface area contributed by atoms with Crippen LogP contribution in [0.1, 0.15) is 46.1 Å². The van der Waals surface area contributed by atoms with Gasteiger partial charge in [-0.3, -0.25) is 4.79 Å². The summed E-state index contributed by atoms with van der Waals surface area (Å²) >= 11 is 0. The highest BCUT2D eigenvalue weighted by atomic mass is 19.4. The Bertz CT molecular complexity index is 1040. The highest BCUT2D eigenvalue weighted by molar-refractivity contribution is 5.92. The number of hydrogen-bond donors (Lipinski definition) is 0. The lowest BCUT2D eigenvalue weighted by Gasteiger charge is -2.32. The topological polar surface area (TPSA) is 51.0 Å². The molecule has 8 heteroatoms. The van der Waals surface area contributed by atoms with E-state index in [1.54, 1.807) is 11.9 Å². The molecule has 0 saturated heterocycles. The minimum Gasteiger partial charge on any atom is -0.333 e. The molecule has 1 heterocycles. The van der Waals surface area contributed by atoms with Crippen LogP contribution in [0.4, 0.5) is 13.2 Å². The maximum absolute atomic E-state index is 13.3. The zero-order valence-corrected chi connectivity index (χ0v) is 15.7. The van der Waals surface area contributed by atoms with Gasteiger partial charge in [0.1, 0.15) is 0 Å². The molecular formula is C21H19F3N4O. The first-order valence-corrected chi connectivity index (χ1v) is 9.30. The first-order valence-electron chi connectivity index (χ1n) is 9.30. The Morgan fingerprint density at radius 2 is 1.86 bits per heavy atom. The van der Waals surface area contributed by atoms with Crippen LogP contribution in [0.3, 0.4) is 0 Å².